The Morgan fingerprint density at radius 3 is 2.60 bits per heavy atom. The lowest BCUT2D eigenvalue weighted by molar-refractivity contribution is -0.736. The predicted molar refractivity (Wildman–Crippen MR) is 99.7 cm³/mol. The monoisotopic (exact) mass is 372 g/mol. The van der Waals surface area contributed by atoms with Crippen LogP contribution in [0, 0.1) is 4.91 Å². The minimum Gasteiger partial charge on any atom is -0.298 e. The molecular weight excluding hydrogens is 358 g/mol. The van der Waals surface area contributed by atoms with Gasteiger partial charge >= 0.3 is 5.69 Å². The smallest absolute Gasteiger partial charge is 0.298 e. The van der Waals surface area contributed by atoms with Crippen LogP contribution in [0.4, 0.5) is 10.8 Å². The van der Waals surface area contributed by atoms with Gasteiger partial charge in [0.1, 0.15) is 0 Å². The maximum Gasteiger partial charge on any atom is 0.316 e. The number of nitrogens with zero attached hydrogens (tertiary/aromatic N) is 2. The minimum absolute atomic E-state index is 0.262. The van der Waals surface area contributed by atoms with Gasteiger partial charge in [-0.25, -0.2) is 9.82 Å². The van der Waals surface area contributed by atoms with Crippen LogP contribution in [-0.2, 0) is 9.63 Å². The molecular formula is C17H14N3O3S2+. The predicted octanol–water partition coefficient (Wildman–Crippen LogP) is 4.36. The first-order chi connectivity index (χ1) is 12.2. The van der Waals surface area contributed by atoms with Crippen molar-refractivity contribution in [1.29, 1.82) is 0 Å². The Morgan fingerprint density at radius 2 is 2.00 bits per heavy atom. The molecule has 0 aliphatic rings. The van der Waals surface area contributed by atoms with E-state index < -0.39 is 0 Å². The lowest BCUT2D eigenvalue weighted by Crippen LogP contribution is -2.13. The number of aromatic nitrogens is 1. The van der Waals surface area contributed by atoms with Crippen molar-refractivity contribution >= 4 is 51.0 Å². The number of benzene rings is 1. The van der Waals surface area contributed by atoms with Crippen LogP contribution in [-0.4, -0.2) is 22.9 Å². The van der Waals surface area contributed by atoms with Gasteiger partial charge in [0.15, 0.2) is 12.2 Å². The maximum atomic E-state index is 12.7. The number of amides is 1. The van der Waals surface area contributed by atoms with Crippen LogP contribution in [0.25, 0.3) is 11.6 Å². The fraction of sp³-hybridized carbons (Fsp3) is 0.0588. The molecule has 0 fully saturated rings. The SMILES string of the molecule is CO[N+](=O)c1ccc(/C(=C\c2cccs2)C(=O)Nc2nccs2)cc1. The number of hydrogen-bond donors (Lipinski definition) is 1. The molecule has 0 bridgehead atoms. The molecule has 0 aliphatic carbocycles. The van der Waals surface area contributed by atoms with E-state index in [1.807, 2.05) is 23.6 Å². The van der Waals surface area contributed by atoms with Gasteiger partial charge in [-0.3, -0.25) is 10.1 Å². The Morgan fingerprint density at radius 1 is 1.20 bits per heavy atom. The zero-order chi connectivity index (χ0) is 17.6. The second kappa shape index (κ2) is 7.82. The Hall–Kier alpha value is -2.84. The number of rotatable bonds is 6. The summed E-state index contributed by atoms with van der Waals surface area (Å²) in [5, 5.41) is 7.06. The molecule has 6 nitrogen and oxygen atoms in total. The van der Waals surface area contributed by atoms with Crippen LogP contribution in [0.5, 0.6) is 0 Å². The molecule has 1 N–H and O–H groups in total. The highest BCUT2D eigenvalue weighted by Crippen LogP contribution is 2.25. The van der Waals surface area contributed by atoms with Crippen molar-refractivity contribution < 1.29 is 14.6 Å². The molecule has 0 unspecified atom stereocenters. The van der Waals surface area contributed by atoms with Crippen molar-refractivity contribution in [3.05, 3.63) is 68.7 Å². The van der Waals surface area contributed by atoms with Crippen LogP contribution in [0.2, 0.25) is 0 Å². The summed E-state index contributed by atoms with van der Waals surface area (Å²) in [6.07, 6.45) is 3.44. The quantitative estimate of drug-likeness (QED) is 0.516. The number of carbonyl (C=O) groups is 1. The molecule has 126 valence electrons. The van der Waals surface area contributed by atoms with Gasteiger partial charge < -0.3 is 0 Å². The van der Waals surface area contributed by atoms with Crippen molar-refractivity contribution in [1.82, 2.24) is 4.98 Å². The van der Waals surface area contributed by atoms with Gasteiger partial charge in [-0.1, -0.05) is 6.07 Å². The summed E-state index contributed by atoms with van der Waals surface area (Å²) in [5.41, 5.74) is 1.52. The van der Waals surface area contributed by atoms with Crippen molar-refractivity contribution in [2.75, 3.05) is 12.4 Å². The van der Waals surface area contributed by atoms with E-state index in [1.54, 1.807) is 35.8 Å². The lowest BCUT2D eigenvalue weighted by Gasteiger charge is -2.07. The zero-order valence-electron chi connectivity index (χ0n) is 13.2. The second-order valence-corrected chi connectivity index (χ2v) is 6.73. The molecule has 1 amide bonds. The van der Waals surface area contributed by atoms with Crippen LogP contribution in [0.15, 0.2) is 53.4 Å². The summed E-state index contributed by atoms with van der Waals surface area (Å²) in [4.78, 5) is 34.3. The molecule has 25 heavy (non-hydrogen) atoms. The highest BCUT2D eigenvalue weighted by Gasteiger charge is 2.18. The number of hydrogen-bond acceptors (Lipinski definition) is 6. The van der Waals surface area contributed by atoms with Crippen LogP contribution in [0.1, 0.15) is 10.4 Å². The average Bonchev–Trinajstić information content (AvgIpc) is 3.33. The zero-order valence-corrected chi connectivity index (χ0v) is 14.8. The Labute approximate surface area is 151 Å². The molecule has 0 saturated heterocycles. The van der Waals surface area contributed by atoms with Crippen molar-refractivity contribution in [2.45, 2.75) is 0 Å². The average molecular weight is 372 g/mol. The third-order valence-electron chi connectivity index (χ3n) is 3.28. The molecule has 0 saturated carbocycles. The summed E-state index contributed by atoms with van der Waals surface area (Å²) in [6.45, 7) is 0. The molecule has 0 radical (unpaired) electrons. The first-order valence-corrected chi connectivity index (χ1v) is 9.01. The van der Waals surface area contributed by atoms with Gasteiger partial charge in [0.2, 0.25) is 0 Å². The van der Waals surface area contributed by atoms with Crippen molar-refractivity contribution in [3.63, 3.8) is 0 Å². The molecule has 3 aromatic rings. The molecule has 3 rings (SSSR count). The van der Waals surface area contributed by atoms with Crippen LogP contribution >= 0.6 is 22.7 Å². The van der Waals surface area contributed by atoms with Gasteiger partial charge in [0, 0.05) is 34.2 Å². The topological polar surface area (TPSA) is 71.3 Å². The molecule has 1 aromatic carbocycles. The molecule has 0 atom stereocenters. The third kappa shape index (κ3) is 4.17. The first kappa shape index (κ1) is 17.0. The van der Waals surface area contributed by atoms with Crippen LogP contribution < -0.4 is 5.32 Å². The first-order valence-electron chi connectivity index (χ1n) is 7.25. The summed E-state index contributed by atoms with van der Waals surface area (Å²) in [6, 6.07) is 10.5. The Balaban J connectivity index is 1.93. The number of nitrogens with one attached hydrogen (secondary N) is 1. The summed E-state index contributed by atoms with van der Waals surface area (Å²) in [7, 11) is 1.30. The standard InChI is InChI=1S/C17H13N3O3S2/c1-23-20(22)13-6-4-12(5-7-13)15(11-14-3-2-9-24-14)16(21)19-17-18-8-10-25-17/h2-11H,1H3/p+1/b15-11+. The summed E-state index contributed by atoms with van der Waals surface area (Å²) in [5.74, 6) is -0.262. The maximum absolute atomic E-state index is 12.7. The van der Waals surface area contributed by atoms with Gasteiger partial charge in [0.05, 0.1) is 4.91 Å². The van der Waals surface area contributed by atoms with E-state index in [0.717, 1.165) is 4.88 Å². The molecule has 2 aromatic heterocycles. The van der Waals surface area contributed by atoms with Crippen molar-refractivity contribution in [2.24, 2.45) is 0 Å². The largest absolute Gasteiger partial charge is 0.316 e. The van der Waals surface area contributed by atoms with Crippen molar-refractivity contribution in [3.8, 4) is 0 Å². The minimum atomic E-state index is -0.262. The van der Waals surface area contributed by atoms with E-state index in [4.69, 9.17) is 0 Å². The van der Waals surface area contributed by atoms with Gasteiger partial charge in [-0.05, 0) is 35.2 Å². The van der Waals surface area contributed by atoms with E-state index in [9.17, 15) is 9.70 Å². The fourth-order valence-electron chi connectivity index (χ4n) is 2.11. The summed E-state index contributed by atoms with van der Waals surface area (Å²) >= 11 is 2.88. The number of thiophene rings is 1. The summed E-state index contributed by atoms with van der Waals surface area (Å²) < 4.78 is 0. The van der Waals surface area contributed by atoms with E-state index in [0.29, 0.717) is 26.9 Å². The van der Waals surface area contributed by atoms with Gasteiger partial charge in [0.25, 0.3) is 10.8 Å². The Kier molecular flexibility index (Phi) is 5.32. The molecule has 0 spiro atoms. The van der Waals surface area contributed by atoms with E-state index >= 15 is 0 Å². The second-order valence-electron chi connectivity index (χ2n) is 4.85. The third-order valence-corrected chi connectivity index (χ3v) is 4.79. The highest BCUT2D eigenvalue weighted by molar-refractivity contribution is 7.13. The number of anilines is 1. The molecule has 8 heteroatoms. The van der Waals surface area contributed by atoms with E-state index in [1.165, 1.54) is 29.8 Å². The van der Waals surface area contributed by atoms with Gasteiger partial charge in [-0.2, -0.15) is 0 Å². The van der Waals surface area contributed by atoms with E-state index in [-0.39, 0.29) is 5.91 Å². The fourth-order valence-corrected chi connectivity index (χ4v) is 3.29. The highest BCUT2D eigenvalue weighted by atomic mass is 32.1. The van der Waals surface area contributed by atoms with Gasteiger partial charge in [-0.15, -0.1) is 22.7 Å². The Bertz CT molecular complexity index is 886. The molecule has 2 heterocycles. The number of thiazole rings is 1. The molecule has 0 aliphatic heterocycles. The van der Waals surface area contributed by atoms with Crippen LogP contribution in [0.3, 0.4) is 0 Å². The number of carbonyl (C=O) groups excluding carboxylic acids is 1. The van der Waals surface area contributed by atoms with E-state index in [2.05, 4.69) is 15.1 Å². The normalized spacial score (nSPS) is 11.2. The lowest BCUT2D eigenvalue weighted by atomic mass is 10.0.